The van der Waals surface area contributed by atoms with Gasteiger partial charge in [-0.25, -0.2) is 9.37 Å². The van der Waals surface area contributed by atoms with E-state index in [0.717, 1.165) is 34.7 Å². The van der Waals surface area contributed by atoms with E-state index in [9.17, 15) is 9.18 Å². The van der Waals surface area contributed by atoms with Gasteiger partial charge >= 0.3 is 0 Å². The Balaban J connectivity index is 0.00000171. The van der Waals surface area contributed by atoms with Gasteiger partial charge in [-0.2, -0.15) is 0 Å². The number of fused-ring (bicyclic) bond motifs is 1. The van der Waals surface area contributed by atoms with Crippen molar-refractivity contribution >= 4 is 47.4 Å². The molecular formula is C22H27Cl2FN4O2. The highest BCUT2D eigenvalue weighted by atomic mass is 35.5. The average molecular weight is 469 g/mol. The van der Waals surface area contributed by atoms with Crippen LogP contribution in [0.4, 0.5) is 10.1 Å². The van der Waals surface area contributed by atoms with Crippen molar-refractivity contribution in [2.45, 2.75) is 32.9 Å². The quantitative estimate of drug-likeness (QED) is 0.591. The maximum Gasteiger partial charge on any atom is 0.254 e. The van der Waals surface area contributed by atoms with Gasteiger partial charge in [0.15, 0.2) is 0 Å². The number of aryl methyl sites for hydroxylation is 1. The van der Waals surface area contributed by atoms with Gasteiger partial charge in [-0.05, 0) is 56.7 Å². The first-order valence-corrected chi connectivity index (χ1v) is 9.85. The van der Waals surface area contributed by atoms with Crippen LogP contribution in [0, 0.1) is 12.7 Å². The van der Waals surface area contributed by atoms with E-state index >= 15 is 0 Å². The van der Waals surface area contributed by atoms with Crippen LogP contribution >= 0.6 is 24.8 Å². The van der Waals surface area contributed by atoms with E-state index in [0.29, 0.717) is 18.7 Å². The summed E-state index contributed by atoms with van der Waals surface area (Å²) in [7, 11) is 0. The average Bonchev–Trinajstić information content (AvgIpc) is 3.09. The summed E-state index contributed by atoms with van der Waals surface area (Å²) >= 11 is 0. The van der Waals surface area contributed by atoms with Gasteiger partial charge in [0.1, 0.15) is 17.7 Å². The summed E-state index contributed by atoms with van der Waals surface area (Å²) in [6, 6.07) is 10.6. The zero-order valence-electron chi connectivity index (χ0n) is 17.6. The molecule has 1 fully saturated rings. The third-order valence-corrected chi connectivity index (χ3v) is 5.13. The van der Waals surface area contributed by atoms with Crippen LogP contribution in [0.25, 0.3) is 22.4 Å². The van der Waals surface area contributed by atoms with Crippen LogP contribution in [0.2, 0.25) is 0 Å². The van der Waals surface area contributed by atoms with Crippen molar-refractivity contribution in [3.63, 3.8) is 0 Å². The smallest absolute Gasteiger partial charge is 0.254 e. The van der Waals surface area contributed by atoms with Crippen molar-refractivity contribution in [3.05, 3.63) is 47.8 Å². The Bertz CT molecular complexity index is 1070. The van der Waals surface area contributed by atoms with Crippen LogP contribution in [-0.4, -0.2) is 41.3 Å². The summed E-state index contributed by atoms with van der Waals surface area (Å²) in [5.41, 5.74) is 4.11. The maximum atomic E-state index is 13.7. The van der Waals surface area contributed by atoms with E-state index in [4.69, 9.17) is 4.74 Å². The Morgan fingerprint density at radius 3 is 2.68 bits per heavy atom. The predicted molar refractivity (Wildman–Crippen MR) is 126 cm³/mol. The number of imidazole rings is 1. The molecule has 0 aliphatic carbocycles. The lowest BCUT2D eigenvalue weighted by atomic mass is 10.1. The molecule has 168 valence electrons. The van der Waals surface area contributed by atoms with Gasteiger partial charge in [0.2, 0.25) is 0 Å². The molecule has 9 heteroatoms. The number of nitrogens with zero attached hydrogens (tertiary/aromatic N) is 2. The number of hydrogen-bond acceptors (Lipinski definition) is 4. The van der Waals surface area contributed by atoms with Crippen LogP contribution in [0.15, 0.2) is 36.4 Å². The van der Waals surface area contributed by atoms with Gasteiger partial charge in [-0.3, -0.25) is 4.79 Å². The minimum absolute atomic E-state index is 0. The van der Waals surface area contributed by atoms with Gasteiger partial charge in [0, 0.05) is 36.4 Å². The molecule has 1 aliphatic rings. The van der Waals surface area contributed by atoms with Crippen LogP contribution < -0.4 is 10.6 Å². The fourth-order valence-electron chi connectivity index (χ4n) is 3.69. The van der Waals surface area contributed by atoms with E-state index in [1.807, 2.05) is 25.1 Å². The molecule has 0 radical (unpaired) electrons. The van der Waals surface area contributed by atoms with Crippen LogP contribution in [0.3, 0.4) is 0 Å². The summed E-state index contributed by atoms with van der Waals surface area (Å²) in [4.78, 5) is 17.1. The Morgan fingerprint density at radius 1 is 1.26 bits per heavy atom. The molecule has 1 unspecified atom stereocenters. The van der Waals surface area contributed by atoms with Crippen molar-refractivity contribution in [2.75, 3.05) is 25.0 Å². The molecule has 1 atom stereocenters. The molecule has 0 bridgehead atoms. The zero-order chi connectivity index (χ0) is 20.5. The molecular weight excluding hydrogens is 442 g/mol. The molecule has 1 saturated heterocycles. The number of rotatable bonds is 4. The molecule has 2 aromatic carbocycles. The summed E-state index contributed by atoms with van der Waals surface area (Å²) in [5.74, 6) is 0.324. The molecule has 1 aliphatic heterocycles. The maximum absolute atomic E-state index is 13.7. The lowest BCUT2D eigenvalue weighted by Crippen LogP contribution is -2.45. The zero-order valence-corrected chi connectivity index (χ0v) is 19.3. The first-order chi connectivity index (χ1) is 13.9. The summed E-state index contributed by atoms with van der Waals surface area (Å²) < 4.78 is 21.3. The first kappa shape index (κ1) is 25.1. The number of amides is 1. The monoisotopic (exact) mass is 468 g/mol. The number of ether oxygens (including phenoxy) is 1. The lowest BCUT2D eigenvalue weighted by Gasteiger charge is -2.23. The third kappa shape index (κ3) is 5.18. The van der Waals surface area contributed by atoms with Crippen molar-refractivity contribution in [1.29, 1.82) is 0 Å². The fourth-order valence-corrected chi connectivity index (χ4v) is 3.69. The molecule has 2 N–H and O–H groups in total. The molecule has 6 nitrogen and oxygen atoms in total. The fraction of sp³-hybridized carbons (Fsp3) is 0.364. The van der Waals surface area contributed by atoms with Crippen molar-refractivity contribution in [3.8, 4) is 11.4 Å². The molecule has 1 amide bonds. The number of carbonyl (C=O) groups is 1. The summed E-state index contributed by atoms with van der Waals surface area (Å²) in [6.07, 6.45) is -0.483. The second kappa shape index (κ2) is 10.4. The Labute approximate surface area is 193 Å². The molecule has 3 aromatic rings. The van der Waals surface area contributed by atoms with E-state index in [1.165, 1.54) is 12.1 Å². The standard InChI is InChI=1S/C22H25FN4O2.2ClH/c1-13(2)27-19-7-5-16(23)11-18(19)25-21(27)15-4-6-17(14(3)10-15)26-22(28)20-12-24-8-9-29-20;;/h4-7,10-11,13,20,24H,8-9,12H2,1-3H3,(H,26,28);2*1H. The van der Waals surface area contributed by atoms with E-state index in [1.54, 1.807) is 6.07 Å². The highest BCUT2D eigenvalue weighted by molar-refractivity contribution is 5.95. The van der Waals surface area contributed by atoms with Gasteiger partial charge < -0.3 is 19.9 Å². The summed E-state index contributed by atoms with van der Waals surface area (Å²) in [6.45, 7) is 7.90. The number of nitrogens with one attached hydrogen (secondary N) is 2. The molecule has 2 heterocycles. The van der Waals surface area contributed by atoms with E-state index < -0.39 is 6.10 Å². The number of hydrogen-bond donors (Lipinski definition) is 2. The Kier molecular flexibility index (Phi) is 8.42. The predicted octanol–water partition coefficient (Wildman–Crippen LogP) is 4.50. The minimum atomic E-state index is -0.483. The molecule has 0 spiro atoms. The van der Waals surface area contributed by atoms with Gasteiger partial charge in [0.05, 0.1) is 17.6 Å². The molecule has 4 rings (SSSR count). The van der Waals surface area contributed by atoms with Crippen molar-refractivity contribution in [2.24, 2.45) is 0 Å². The normalized spacial score (nSPS) is 16.0. The van der Waals surface area contributed by atoms with Crippen LogP contribution in [-0.2, 0) is 9.53 Å². The molecule has 31 heavy (non-hydrogen) atoms. The second-order valence-corrected chi connectivity index (χ2v) is 7.61. The van der Waals surface area contributed by atoms with Crippen molar-refractivity contribution in [1.82, 2.24) is 14.9 Å². The molecule has 1 aromatic heterocycles. The number of benzene rings is 2. The largest absolute Gasteiger partial charge is 0.366 e. The summed E-state index contributed by atoms with van der Waals surface area (Å²) in [5, 5.41) is 6.11. The third-order valence-electron chi connectivity index (χ3n) is 5.13. The van der Waals surface area contributed by atoms with Crippen LogP contribution in [0.5, 0.6) is 0 Å². The first-order valence-electron chi connectivity index (χ1n) is 9.85. The number of anilines is 1. The lowest BCUT2D eigenvalue weighted by molar-refractivity contribution is -0.128. The van der Waals surface area contributed by atoms with Gasteiger partial charge in [-0.15, -0.1) is 24.8 Å². The highest BCUT2D eigenvalue weighted by Gasteiger charge is 2.22. The number of aromatic nitrogens is 2. The number of morpholine rings is 1. The van der Waals surface area contributed by atoms with E-state index in [2.05, 4.69) is 34.0 Å². The van der Waals surface area contributed by atoms with Crippen molar-refractivity contribution < 1.29 is 13.9 Å². The SMILES string of the molecule is Cc1cc(-c2nc3cc(F)ccc3n2C(C)C)ccc1NC(=O)C1CNCCO1.Cl.Cl. The van der Waals surface area contributed by atoms with Gasteiger partial charge in [0.25, 0.3) is 5.91 Å². The minimum Gasteiger partial charge on any atom is -0.366 e. The molecule has 0 saturated carbocycles. The second-order valence-electron chi connectivity index (χ2n) is 7.61. The Morgan fingerprint density at radius 2 is 2.03 bits per heavy atom. The van der Waals surface area contributed by atoms with Crippen LogP contribution in [0.1, 0.15) is 25.5 Å². The number of halogens is 3. The topological polar surface area (TPSA) is 68.2 Å². The highest BCUT2D eigenvalue weighted by Crippen LogP contribution is 2.31. The number of carbonyl (C=O) groups excluding carboxylic acids is 1. The van der Waals surface area contributed by atoms with E-state index in [-0.39, 0.29) is 42.6 Å². The van der Waals surface area contributed by atoms with Gasteiger partial charge in [-0.1, -0.05) is 0 Å². The Hall–Kier alpha value is -2.19.